The number of carboxylic acids is 1. The van der Waals surface area contributed by atoms with Gasteiger partial charge < -0.3 is 14.9 Å². The average Bonchev–Trinajstić information content (AvgIpc) is 2.76. The molecule has 1 N–H and O–H groups in total. The maximum Gasteiger partial charge on any atom is 0.326 e. The van der Waals surface area contributed by atoms with Crippen LogP contribution >= 0.6 is 0 Å². The van der Waals surface area contributed by atoms with Crippen molar-refractivity contribution in [2.45, 2.75) is 25.8 Å². The van der Waals surface area contributed by atoms with Gasteiger partial charge in [0.1, 0.15) is 11.9 Å². The molecule has 98 valence electrons. The lowest BCUT2D eigenvalue weighted by atomic mass is 10.2. The van der Waals surface area contributed by atoms with Crippen LogP contribution in [0.2, 0.25) is 0 Å². The number of anilines is 2. The Morgan fingerprint density at radius 1 is 1.39 bits per heavy atom. The van der Waals surface area contributed by atoms with Gasteiger partial charge >= 0.3 is 5.97 Å². The number of aliphatic carboxylic acids is 1. The van der Waals surface area contributed by atoms with Crippen LogP contribution in [0.15, 0.2) is 0 Å². The second-order valence-corrected chi connectivity index (χ2v) is 4.57. The van der Waals surface area contributed by atoms with E-state index >= 15 is 0 Å². The highest BCUT2D eigenvalue weighted by molar-refractivity contribution is 5.78. The standard InChI is InChI=1S/C11H17N5O2/c1-7-12-10(15(2)3)14-11(13-7)16-6-4-5-8(16)9(17)18/h8H,4-6H2,1-3H3,(H,17,18)/t8-/m0/s1. The third-order valence-electron chi connectivity index (χ3n) is 2.92. The van der Waals surface area contributed by atoms with Gasteiger partial charge in [-0.05, 0) is 19.8 Å². The molecule has 0 amide bonds. The number of carbonyl (C=O) groups is 1. The highest BCUT2D eigenvalue weighted by Crippen LogP contribution is 2.23. The van der Waals surface area contributed by atoms with Gasteiger partial charge in [-0.25, -0.2) is 4.79 Å². The molecule has 1 aromatic rings. The van der Waals surface area contributed by atoms with Crippen molar-refractivity contribution in [1.82, 2.24) is 15.0 Å². The monoisotopic (exact) mass is 251 g/mol. The number of hydrogen-bond donors (Lipinski definition) is 1. The van der Waals surface area contributed by atoms with Crippen molar-refractivity contribution in [3.05, 3.63) is 5.82 Å². The Bertz CT molecular complexity index is 463. The van der Waals surface area contributed by atoms with Gasteiger partial charge in [-0.1, -0.05) is 0 Å². The molecule has 2 rings (SSSR count). The first-order valence-electron chi connectivity index (χ1n) is 5.88. The van der Waals surface area contributed by atoms with Crippen molar-refractivity contribution in [2.75, 3.05) is 30.4 Å². The lowest BCUT2D eigenvalue weighted by Crippen LogP contribution is -2.37. The molecule has 1 aliphatic heterocycles. The second kappa shape index (κ2) is 4.75. The van der Waals surface area contributed by atoms with Gasteiger partial charge in [0.2, 0.25) is 11.9 Å². The molecule has 0 aliphatic carbocycles. The van der Waals surface area contributed by atoms with Crippen LogP contribution in [0, 0.1) is 6.92 Å². The van der Waals surface area contributed by atoms with Gasteiger partial charge in [-0.2, -0.15) is 15.0 Å². The lowest BCUT2D eigenvalue weighted by molar-refractivity contribution is -0.138. The Hall–Kier alpha value is -1.92. The molecule has 0 aromatic carbocycles. The largest absolute Gasteiger partial charge is 0.480 e. The molecule has 0 radical (unpaired) electrons. The van der Waals surface area contributed by atoms with Crippen molar-refractivity contribution < 1.29 is 9.90 Å². The average molecular weight is 251 g/mol. The minimum Gasteiger partial charge on any atom is -0.480 e. The Morgan fingerprint density at radius 3 is 2.72 bits per heavy atom. The fourth-order valence-electron chi connectivity index (χ4n) is 2.05. The second-order valence-electron chi connectivity index (χ2n) is 4.57. The van der Waals surface area contributed by atoms with Crippen molar-refractivity contribution in [3.63, 3.8) is 0 Å². The molecule has 0 bridgehead atoms. The highest BCUT2D eigenvalue weighted by Gasteiger charge is 2.32. The van der Waals surface area contributed by atoms with Gasteiger partial charge in [-0.15, -0.1) is 0 Å². The normalized spacial score (nSPS) is 19.1. The van der Waals surface area contributed by atoms with Gasteiger partial charge in [0.25, 0.3) is 0 Å². The number of carboxylic acid groups (broad SMARTS) is 1. The topological polar surface area (TPSA) is 82.5 Å². The number of aromatic nitrogens is 3. The summed E-state index contributed by atoms with van der Waals surface area (Å²) in [6, 6.07) is -0.526. The number of nitrogens with zero attached hydrogens (tertiary/aromatic N) is 5. The van der Waals surface area contributed by atoms with Crippen LogP contribution in [0.3, 0.4) is 0 Å². The van der Waals surface area contributed by atoms with Crippen LogP contribution in [0.4, 0.5) is 11.9 Å². The third-order valence-corrected chi connectivity index (χ3v) is 2.92. The summed E-state index contributed by atoms with van der Waals surface area (Å²) in [5, 5.41) is 9.17. The Kier molecular flexibility index (Phi) is 3.31. The first kappa shape index (κ1) is 12.5. The molecule has 1 aromatic heterocycles. The molecular weight excluding hydrogens is 234 g/mol. The van der Waals surface area contributed by atoms with E-state index in [1.54, 1.807) is 16.7 Å². The number of hydrogen-bond acceptors (Lipinski definition) is 6. The molecule has 1 saturated heterocycles. The van der Waals surface area contributed by atoms with Crippen LogP contribution in [0.25, 0.3) is 0 Å². The van der Waals surface area contributed by atoms with Crippen molar-refractivity contribution in [1.29, 1.82) is 0 Å². The highest BCUT2D eigenvalue weighted by atomic mass is 16.4. The molecule has 7 heteroatoms. The predicted molar refractivity (Wildman–Crippen MR) is 66.9 cm³/mol. The summed E-state index contributed by atoms with van der Waals surface area (Å²) in [6.07, 6.45) is 1.48. The first-order chi connectivity index (χ1) is 8.49. The van der Waals surface area contributed by atoms with Crippen molar-refractivity contribution >= 4 is 17.9 Å². The minimum atomic E-state index is -0.822. The summed E-state index contributed by atoms with van der Waals surface area (Å²) in [4.78, 5) is 27.5. The molecule has 0 unspecified atom stereocenters. The summed E-state index contributed by atoms with van der Waals surface area (Å²) in [7, 11) is 3.69. The maximum atomic E-state index is 11.2. The van der Waals surface area contributed by atoms with E-state index in [0.29, 0.717) is 30.7 Å². The lowest BCUT2D eigenvalue weighted by Gasteiger charge is -2.22. The summed E-state index contributed by atoms with van der Waals surface area (Å²) in [5.74, 6) is 0.779. The minimum absolute atomic E-state index is 0.455. The van der Waals surface area contributed by atoms with Crippen molar-refractivity contribution in [3.8, 4) is 0 Å². The predicted octanol–water partition coefficient (Wildman–Crippen LogP) is 0.299. The quantitative estimate of drug-likeness (QED) is 0.827. The van der Waals surface area contributed by atoms with E-state index in [-0.39, 0.29) is 0 Å². The van der Waals surface area contributed by atoms with E-state index in [1.165, 1.54) is 0 Å². The molecule has 2 heterocycles. The van der Waals surface area contributed by atoms with Crippen molar-refractivity contribution in [2.24, 2.45) is 0 Å². The van der Waals surface area contributed by atoms with E-state index in [4.69, 9.17) is 5.11 Å². The summed E-state index contributed by atoms with van der Waals surface area (Å²) in [5.41, 5.74) is 0. The zero-order valence-electron chi connectivity index (χ0n) is 10.8. The Morgan fingerprint density at radius 2 is 2.11 bits per heavy atom. The molecule has 1 fully saturated rings. The van der Waals surface area contributed by atoms with Crippen LogP contribution < -0.4 is 9.80 Å². The van der Waals surface area contributed by atoms with Gasteiger partial charge in [-0.3, -0.25) is 0 Å². The van der Waals surface area contributed by atoms with Crippen LogP contribution in [-0.4, -0.2) is 52.7 Å². The van der Waals surface area contributed by atoms with Crippen LogP contribution in [0.5, 0.6) is 0 Å². The van der Waals surface area contributed by atoms with E-state index in [9.17, 15) is 4.79 Å². The zero-order chi connectivity index (χ0) is 13.3. The van der Waals surface area contributed by atoms with E-state index in [0.717, 1.165) is 6.42 Å². The molecular formula is C11H17N5O2. The summed E-state index contributed by atoms with van der Waals surface area (Å²) >= 11 is 0. The first-order valence-corrected chi connectivity index (χ1v) is 5.88. The molecule has 1 atom stereocenters. The van der Waals surface area contributed by atoms with E-state index < -0.39 is 12.0 Å². The van der Waals surface area contributed by atoms with Gasteiger partial charge in [0.15, 0.2) is 0 Å². The Balaban J connectivity index is 2.35. The molecule has 18 heavy (non-hydrogen) atoms. The number of aryl methyl sites for hydroxylation is 1. The zero-order valence-corrected chi connectivity index (χ0v) is 10.8. The molecule has 0 spiro atoms. The summed E-state index contributed by atoms with van der Waals surface area (Å²) in [6.45, 7) is 2.46. The molecule has 0 saturated carbocycles. The van der Waals surface area contributed by atoms with Crippen LogP contribution in [0.1, 0.15) is 18.7 Å². The van der Waals surface area contributed by atoms with E-state index in [2.05, 4.69) is 15.0 Å². The SMILES string of the molecule is Cc1nc(N(C)C)nc(N2CCC[C@H]2C(=O)O)n1. The Labute approximate surface area is 105 Å². The van der Waals surface area contributed by atoms with Gasteiger partial charge in [0, 0.05) is 20.6 Å². The molecule has 7 nitrogen and oxygen atoms in total. The smallest absolute Gasteiger partial charge is 0.326 e. The van der Waals surface area contributed by atoms with Crippen LogP contribution in [-0.2, 0) is 4.79 Å². The number of rotatable bonds is 3. The summed E-state index contributed by atoms with van der Waals surface area (Å²) < 4.78 is 0. The van der Waals surface area contributed by atoms with Gasteiger partial charge in [0.05, 0.1) is 0 Å². The third kappa shape index (κ3) is 2.34. The maximum absolute atomic E-state index is 11.2. The fraction of sp³-hybridized carbons (Fsp3) is 0.636. The fourth-order valence-corrected chi connectivity index (χ4v) is 2.05. The molecule has 1 aliphatic rings. The van der Waals surface area contributed by atoms with E-state index in [1.807, 2.05) is 14.1 Å².